The van der Waals surface area contributed by atoms with E-state index in [1.807, 2.05) is 17.7 Å². The zero-order valence-electron chi connectivity index (χ0n) is 5.36. The van der Waals surface area contributed by atoms with Gasteiger partial charge in [0.25, 0.3) is 0 Å². The highest BCUT2D eigenvalue weighted by molar-refractivity contribution is 4.77. The van der Waals surface area contributed by atoms with E-state index in [2.05, 4.69) is 4.98 Å². The molecule has 0 bridgehead atoms. The Balaban J connectivity index is 2.65. The average molecular weight is 126 g/mol. The van der Waals surface area contributed by atoms with E-state index in [1.165, 1.54) is 0 Å². The number of hydrogen-bond donors (Lipinski definition) is 1. The zero-order valence-corrected chi connectivity index (χ0v) is 5.36. The molecule has 0 aliphatic heterocycles. The van der Waals surface area contributed by atoms with Crippen LogP contribution in [0.1, 0.15) is 13.0 Å². The summed E-state index contributed by atoms with van der Waals surface area (Å²) < 4.78 is 1.86. The van der Waals surface area contributed by atoms with E-state index in [9.17, 15) is 0 Å². The molecule has 0 amide bonds. The average Bonchev–Trinajstić information content (AvgIpc) is 2.37. The predicted octanol–water partition coefficient (Wildman–Crippen LogP) is 0.436. The van der Waals surface area contributed by atoms with Crippen molar-refractivity contribution in [1.29, 1.82) is 0 Å². The molecule has 0 radical (unpaired) electrons. The van der Waals surface area contributed by atoms with Crippen molar-refractivity contribution in [3.05, 3.63) is 18.7 Å². The quantitative estimate of drug-likeness (QED) is 0.624. The van der Waals surface area contributed by atoms with E-state index in [-0.39, 0.29) is 12.6 Å². The molecule has 0 spiro atoms. The van der Waals surface area contributed by atoms with Crippen molar-refractivity contribution in [2.24, 2.45) is 0 Å². The number of aliphatic hydroxyl groups excluding tert-OH is 1. The van der Waals surface area contributed by atoms with Gasteiger partial charge in [-0.2, -0.15) is 0 Å². The lowest BCUT2D eigenvalue weighted by molar-refractivity contribution is 0.238. The lowest BCUT2D eigenvalue weighted by atomic mass is 10.4. The Labute approximate surface area is 54.0 Å². The van der Waals surface area contributed by atoms with Crippen LogP contribution >= 0.6 is 0 Å². The van der Waals surface area contributed by atoms with Gasteiger partial charge in [-0.3, -0.25) is 0 Å². The molecule has 9 heavy (non-hydrogen) atoms. The van der Waals surface area contributed by atoms with E-state index in [0.29, 0.717) is 0 Å². The van der Waals surface area contributed by atoms with Crippen LogP contribution in [0.25, 0.3) is 0 Å². The molecule has 1 aromatic rings. The molecule has 0 aliphatic carbocycles. The minimum atomic E-state index is 0.146. The number of aliphatic hydroxyl groups is 1. The number of imidazole rings is 1. The summed E-state index contributed by atoms with van der Waals surface area (Å²) in [5, 5.41) is 8.66. The third kappa shape index (κ3) is 1.29. The van der Waals surface area contributed by atoms with Gasteiger partial charge >= 0.3 is 0 Å². The highest BCUT2D eigenvalue weighted by Crippen LogP contribution is 2.00. The lowest BCUT2D eigenvalue weighted by Crippen LogP contribution is -2.06. The largest absolute Gasteiger partial charge is 0.394 e. The van der Waals surface area contributed by atoms with Crippen LogP contribution < -0.4 is 0 Å². The fraction of sp³-hybridized carbons (Fsp3) is 0.500. The molecule has 1 rings (SSSR count). The van der Waals surface area contributed by atoms with Crippen molar-refractivity contribution in [2.45, 2.75) is 13.0 Å². The van der Waals surface area contributed by atoms with Crippen LogP contribution in [-0.2, 0) is 0 Å². The standard InChI is InChI=1S/C6H10N2O/c1-6(4-9)8-3-2-7-5-8/h2-3,5-6,9H,4H2,1H3. The van der Waals surface area contributed by atoms with Crippen molar-refractivity contribution in [3.63, 3.8) is 0 Å². The lowest BCUT2D eigenvalue weighted by Gasteiger charge is -2.07. The first-order chi connectivity index (χ1) is 4.34. The molecule has 1 atom stereocenters. The highest BCUT2D eigenvalue weighted by Gasteiger charge is 1.98. The van der Waals surface area contributed by atoms with Gasteiger partial charge in [0.15, 0.2) is 0 Å². The normalized spacial score (nSPS) is 13.6. The van der Waals surface area contributed by atoms with Gasteiger partial charge in [-0.1, -0.05) is 0 Å². The second-order valence-electron chi connectivity index (χ2n) is 2.04. The van der Waals surface area contributed by atoms with Gasteiger partial charge in [0.05, 0.1) is 19.0 Å². The molecule has 50 valence electrons. The van der Waals surface area contributed by atoms with Crippen molar-refractivity contribution in [3.8, 4) is 0 Å². The number of aromatic nitrogens is 2. The van der Waals surface area contributed by atoms with Crippen molar-refractivity contribution in [1.82, 2.24) is 9.55 Å². The van der Waals surface area contributed by atoms with Crippen LogP contribution in [0.15, 0.2) is 18.7 Å². The number of nitrogens with zero attached hydrogens (tertiary/aromatic N) is 2. The smallest absolute Gasteiger partial charge is 0.0949 e. The van der Waals surface area contributed by atoms with Gasteiger partial charge in [0.2, 0.25) is 0 Å². The summed E-state index contributed by atoms with van der Waals surface area (Å²) >= 11 is 0. The van der Waals surface area contributed by atoms with Crippen molar-refractivity contribution < 1.29 is 5.11 Å². The van der Waals surface area contributed by atoms with Crippen LogP contribution in [0.4, 0.5) is 0 Å². The van der Waals surface area contributed by atoms with Gasteiger partial charge in [0.1, 0.15) is 0 Å². The fourth-order valence-corrected chi connectivity index (χ4v) is 0.624. The van der Waals surface area contributed by atoms with E-state index in [1.54, 1.807) is 12.5 Å². The van der Waals surface area contributed by atoms with Crippen LogP contribution in [0.2, 0.25) is 0 Å². The molecule has 0 saturated heterocycles. The highest BCUT2D eigenvalue weighted by atomic mass is 16.3. The summed E-state index contributed by atoms with van der Waals surface area (Å²) in [6.07, 6.45) is 5.23. The Morgan fingerprint density at radius 3 is 3.00 bits per heavy atom. The summed E-state index contributed by atoms with van der Waals surface area (Å²) in [5.41, 5.74) is 0. The summed E-state index contributed by atoms with van der Waals surface area (Å²) in [4.78, 5) is 3.84. The van der Waals surface area contributed by atoms with E-state index < -0.39 is 0 Å². The molecular weight excluding hydrogens is 116 g/mol. The third-order valence-corrected chi connectivity index (χ3v) is 1.30. The summed E-state index contributed by atoms with van der Waals surface area (Å²) in [5.74, 6) is 0. The Kier molecular flexibility index (Phi) is 1.85. The maximum absolute atomic E-state index is 8.66. The molecule has 0 saturated carbocycles. The second kappa shape index (κ2) is 2.64. The van der Waals surface area contributed by atoms with E-state index >= 15 is 0 Å². The maximum atomic E-state index is 8.66. The molecule has 0 fully saturated rings. The van der Waals surface area contributed by atoms with Crippen LogP contribution in [0.3, 0.4) is 0 Å². The summed E-state index contributed by atoms with van der Waals surface area (Å²) in [6.45, 7) is 2.10. The molecule has 0 aromatic carbocycles. The molecule has 1 heterocycles. The van der Waals surface area contributed by atoms with Gasteiger partial charge in [0, 0.05) is 12.4 Å². The number of hydrogen-bond acceptors (Lipinski definition) is 2. The molecule has 3 nitrogen and oxygen atoms in total. The molecule has 1 unspecified atom stereocenters. The van der Waals surface area contributed by atoms with Crippen LogP contribution in [0, 0.1) is 0 Å². The molecular formula is C6H10N2O. The first-order valence-corrected chi connectivity index (χ1v) is 2.93. The van der Waals surface area contributed by atoms with Gasteiger partial charge < -0.3 is 9.67 Å². The SMILES string of the molecule is CC(CO)n1ccnc1. The van der Waals surface area contributed by atoms with Crippen LogP contribution in [0.5, 0.6) is 0 Å². The topological polar surface area (TPSA) is 38.0 Å². The summed E-state index contributed by atoms with van der Waals surface area (Å²) in [7, 11) is 0. The van der Waals surface area contributed by atoms with Gasteiger partial charge in [-0.15, -0.1) is 0 Å². The van der Waals surface area contributed by atoms with Crippen molar-refractivity contribution in [2.75, 3.05) is 6.61 Å². The second-order valence-corrected chi connectivity index (χ2v) is 2.04. The minimum Gasteiger partial charge on any atom is -0.394 e. The Bertz CT molecular complexity index is 160. The number of rotatable bonds is 2. The predicted molar refractivity (Wildman–Crippen MR) is 34.0 cm³/mol. The fourth-order valence-electron chi connectivity index (χ4n) is 0.624. The van der Waals surface area contributed by atoms with Gasteiger partial charge in [-0.05, 0) is 6.92 Å². The minimum absolute atomic E-state index is 0.146. The first kappa shape index (κ1) is 6.29. The van der Waals surface area contributed by atoms with Gasteiger partial charge in [-0.25, -0.2) is 4.98 Å². The first-order valence-electron chi connectivity index (χ1n) is 2.93. The summed E-state index contributed by atoms with van der Waals surface area (Å²) in [6, 6.07) is 0.146. The monoisotopic (exact) mass is 126 g/mol. The Morgan fingerprint density at radius 2 is 2.56 bits per heavy atom. The molecule has 1 aromatic heterocycles. The van der Waals surface area contributed by atoms with Crippen LogP contribution in [-0.4, -0.2) is 21.3 Å². The molecule has 0 aliphatic rings. The molecule has 1 N–H and O–H groups in total. The maximum Gasteiger partial charge on any atom is 0.0949 e. The van der Waals surface area contributed by atoms with E-state index in [4.69, 9.17) is 5.11 Å². The Hall–Kier alpha value is -0.830. The zero-order chi connectivity index (χ0) is 6.69. The van der Waals surface area contributed by atoms with Crippen molar-refractivity contribution >= 4 is 0 Å². The van der Waals surface area contributed by atoms with E-state index in [0.717, 1.165) is 0 Å². The molecule has 3 heteroatoms. The Morgan fingerprint density at radius 1 is 1.78 bits per heavy atom. The third-order valence-electron chi connectivity index (χ3n) is 1.30.